The van der Waals surface area contributed by atoms with Gasteiger partial charge in [-0.05, 0) is 26.7 Å². The summed E-state index contributed by atoms with van der Waals surface area (Å²) in [7, 11) is 0. The fourth-order valence-electron chi connectivity index (χ4n) is 0.765. The zero-order chi connectivity index (χ0) is 7.28. The first-order valence-electron chi connectivity index (χ1n) is 3.72. The molecule has 0 aliphatic carbocycles. The Bertz CT molecular complexity index is 98.6. The summed E-state index contributed by atoms with van der Waals surface area (Å²) >= 11 is 0. The van der Waals surface area contributed by atoms with Gasteiger partial charge in [0.05, 0.1) is 0 Å². The zero-order valence-electron chi connectivity index (χ0n) is 6.83. The van der Waals surface area contributed by atoms with Gasteiger partial charge >= 0.3 is 0 Å². The predicted octanol–water partition coefficient (Wildman–Crippen LogP) is 3.35. The summed E-state index contributed by atoms with van der Waals surface area (Å²) in [4.78, 5) is 0. The van der Waals surface area contributed by atoms with Gasteiger partial charge in [-0.15, -0.1) is 0 Å². The molecular formula is C9H17. The van der Waals surface area contributed by atoms with E-state index in [1.165, 1.54) is 24.0 Å². The minimum Gasteiger partial charge on any atom is -0.0744 e. The lowest BCUT2D eigenvalue weighted by Crippen LogP contribution is -1.81. The molecule has 0 aliphatic rings. The van der Waals surface area contributed by atoms with Crippen molar-refractivity contribution in [1.29, 1.82) is 0 Å². The zero-order valence-corrected chi connectivity index (χ0v) is 6.83. The summed E-state index contributed by atoms with van der Waals surface area (Å²) in [6.07, 6.45) is 3.54. The standard InChI is InChI=1S/C9H17/c1-5-7-9(4)8(3)6-2/h4-7H2,1-3H3. The van der Waals surface area contributed by atoms with Gasteiger partial charge in [0.1, 0.15) is 0 Å². The van der Waals surface area contributed by atoms with Crippen molar-refractivity contribution in [3.8, 4) is 0 Å². The average Bonchev–Trinajstić information content (AvgIpc) is 1.87. The minimum absolute atomic E-state index is 1.15. The molecule has 0 spiro atoms. The topological polar surface area (TPSA) is 0 Å². The first-order chi connectivity index (χ1) is 4.22. The third-order valence-electron chi connectivity index (χ3n) is 1.69. The molecular weight excluding hydrogens is 108 g/mol. The summed E-state index contributed by atoms with van der Waals surface area (Å²) in [6.45, 7) is 10.5. The Morgan fingerprint density at radius 2 is 1.89 bits per heavy atom. The van der Waals surface area contributed by atoms with E-state index in [4.69, 9.17) is 0 Å². The molecule has 0 N–H and O–H groups in total. The molecule has 0 aromatic heterocycles. The van der Waals surface area contributed by atoms with Crippen LogP contribution in [0.5, 0.6) is 0 Å². The van der Waals surface area contributed by atoms with Crippen LogP contribution in [0.1, 0.15) is 40.0 Å². The third kappa shape index (κ3) is 3.34. The van der Waals surface area contributed by atoms with E-state index in [-0.39, 0.29) is 0 Å². The van der Waals surface area contributed by atoms with Gasteiger partial charge in [-0.1, -0.05) is 31.4 Å². The van der Waals surface area contributed by atoms with Crippen LogP contribution in [0.25, 0.3) is 0 Å². The maximum absolute atomic E-state index is 3.98. The van der Waals surface area contributed by atoms with Gasteiger partial charge in [-0.2, -0.15) is 0 Å². The second-order valence-corrected chi connectivity index (χ2v) is 2.49. The quantitative estimate of drug-likeness (QED) is 0.542. The highest BCUT2D eigenvalue weighted by atomic mass is 14.0. The lowest BCUT2D eigenvalue weighted by atomic mass is 10.1. The first kappa shape index (κ1) is 8.74. The van der Waals surface area contributed by atoms with E-state index in [1.54, 1.807) is 0 Å². The van der Waals surface area contributed by atoms with Crippen molar-refractivity contribution < 1.29 is 0 Å². The first-order valence-corrected chi connectivity index (χ1v) is 3.72. The number of allylic oxidation sites excluding steroid dienone is 2. The van der Waals surface area contributed by atoms with Crippen LogP contribution in [0.3, 0.4) is 0 Å². The molecule has 0 rings (SSSR count). The molecule has 0 bridgehead atoms. The van der Waals surface area contributed by atoms with E-state index < -0.39 is 0 Å². The molecule has 0 aromatic carbocycles. The van der Waals surface area contributed by atoms with E-state index in [1.807, 2.05) is 0 Å². The van der Waals surface area contributed by atoms with Crippen LogP contribution in [0.4, 0.5) is 0 Å². The van der Waals surface area contributed by atoms with Gasteiger partial charge in [-0.3, -0.25) is 0 Å². The van der Waals surface area contributed by atoms with Crippen molar-refractivity contribution in [1.82, 2.24) is 0 Å². The van der Waals surface area contributed by atoms with Gasteiger partial charge in [0.15, 0.2) is 0 Å². The Balaban J connectivity index is 3.78. The number of rotatable bonds is 3. The molecule has 0 atom stereocenters. The summed E-state index contributed by atoms with van der Waals surface area (Å²) < 4.78 is 0. The van der Waals surface area contributed by atoms with E-state index >= 15 is 0 Å². The molecule has 0 amide bonds. The van der Waals surface area contributed by atoms with Crippen molar-refractivity contribution in [3.05, 3.63) is 18.1 Å². The van der Waals surface area contributed by atoms with Crippen molar-refractivity contribution >= 4 is 0 Å². The monoisotopic (exact) mass is 125 g/mol. The van der Waals surface area contributed by atoms with Gasteiger partial charge in [0.25, 0.3) is 0 Å². The van der Waals surface area contributed by atoms with Gasteiger partial charge in [-0.25, -0.2) is 0 Å². The Morgan fingerprint density at radius 1 is 1.33 bits per heavy atom. The molecule has 0 saturated carbocycles. The second-order valence-electron chi connectivity index (χ2n) is 2.49. The molecule has 0 heteroatoms. The van der Waals surface area contributed by atoms with Crippen LogP contribution in [0, 0.1) is 6.92 Å². The lowest BCUT2D eigenvalue weighted by Gasteiger charge is -2.01. The van der Waals surface area contributed by atoms with Crippen molar-refractivity contribution in [2.45, 2.75) is 40.0 Å². The predicted molar refractivity (Wildman–Crippen MR) is 43.3 cm³/mol. The summed E-state index contributed by atoms with van der Waals surface area (Å²) in [5.41, 5.74) is 2.79. The van der Waals surface area contributed by atoms with Gasteiger partial charge < -0.3 is 0 Å². The summed E-state index contributed by atoms with van der Waals surface area (Å²) in [6, 6.07) is 0. The van der Waals surface area contributed by atoms with Crippen LogP contribution in [0.2, 0.25) is 0 Å². The Morgan fingerprint density at radius 3 is 2.22 bits per heavy atom. The highest BCUT2D eigenvalue weighted by molar-refractivity contribution is 5.13. The largest absolute Gasteiger partial charge is 0.0744 e. The smallest absolute Gasteiger partial charge is 0.0280 e. The molecule has 0 saturated heterocycles. The van der Waals surface area contributed by atoms with Crippen molar-refractivity contribution in [2.75, 3.05) is 0 Å². The summed E-state index contributed by atoms with van der Waals surface area (Å²) in [5.74, 6) is 0. The molecule has 0 aliphatic heterocycles. The number of hydrogen-bond donors (Lipinski definition) is 0. The average molecular weight is 125 g/mol. The molecule has 0 fully saturated rings. The van der Waals surface area contributed by atoms with Crippen LogP contribution < -0.4 is 0 Å². The normalized spacial score (nSPS) is 13.3. The SMILES string of the molecule is [CH2]C(CCC)=C(C)CC. The molecule has 0 unspecified atom stereocenters. The lowest BCUT2D eigenvalue weighted by molar-refractivity contribution is 0.896. The highest BCUT2D eigenvalue weighted by Gasteiger charge is 1.91. The van der Waals surface area contributed by atoms with Crippen LogP contribution in [-0.2, 0) is 0 Å². The molecule has 53 valence electrons. The Kier molecular flexibility index (Phi) is 4.47. The molecule has 0 nitrogen and oxygen atoms in total. The molecule has 0 heterocycles. The van der Waals surface area contributed by atoms with Crippen molar-refractivity contribution in [3.63, 3.8) is 0 Å². The van der Waals surface area contributed by atoms with Gasteiger partial charge in [0, 0.05) is 0 Å². The van der Waals surface area contributed by atoms with Crippen LogP contribution >= 0.6 is 0 Å². The number of hydrogen-bond acceptors (Lipinski definition) is 0. The van der Waals surface area contributed by atoms with Crippen LogP contribution in [-0.4, -0.2) is 0 Å². The molecule has 0 aromatic rings. The Hall–Kier alpha value is -0.260. The maximum Gasteiger partial charge on any atom is -0.0280 e. The van der Waals surface area contributed by atoms with E-state index in [2.05, 4.69) is 27.7 Å². The highest BCUT2D eigenvalue weighted by Crippen LogP contribution is 2.11. The fraction of sp³-hybridized carbons (Fsp3) is 0.667. The van der Waals surface area contributed by atoms with Gasteiger partial charge in [0.2, 0.25) is 0 Å². The Labute approximate surface area is 59.0 Å². The fourth-order valence-corrected chi connectivity index (χ4v) is 0.765. The summed E-state index contributed by atoms with van der Waals surface area (Å²) in [5, 5.41) is 0. The molecule has 9 heavy (non-hydrogen) atoms. The third-order valence-corrected chi connectivity index (χ3v) is 1.69. The van der Waals surface area contributed by atoms with E-state index in [0.717, 1.165) is 6.42 Å². The maximum atomic E-state index is 3.98. The van der Waals surface area contributed by atoms with E-state index in [0.29, 0.717) is 0 Å². The van der Waals surface area contributed by atoms with E-state index in [9.17, 15) is 0 Å². The minimum atomic E-state index is 1.15. The molecule has 1 radical (unpaired) electrons. The van der Waals surface area contributed by atoms with Crippen LogP contribution in [0.15, 0.2) is 11.1 Å². The van der Waals surface area contributed by atoms with Crippen molar-refractivity contribution in [2.24, 2.45) is 0 Å². The second kappa shape index (κ2) is 4.60.